The number of rotatable bonds is 0. The molecule has 0 atom stereocenters. The fourth-order valence-corrected chi connectivity index (χ4v) is 1.62. The molecule has 0 N–H and O–H groups in total. The molecule has 68 valence electrons. The number of hydrogen-bond acceptors (Lipinski definition) is 2. The number of hydrogen-bond donors (Lipinski definition) is 0. The highest BCUT2D eigenvalue weighted by Crippen LogP contribution is 2.00. The molecular weight excluding hydrogens is 174 g/mol. The Bertz CT molecular complexity index is 581. The van der Waals surface area contributed by atoms with Crippen LogP contribution in [0.25, 0.3) is 6.20 Å². The average molecular weight is 183 g/mol. The van der Waals surface area contributed by atoms with Crippen molar-refractivity contribution in [1.29, 1.82) is 0 Å². The molecule has 0 saturated heterocycles. The molecule has 0 radical (unpaired) electrons. The summed E-state index contributed by atoms with van der Waals surface area (Å²) in [7, 11) is 0. The van der Waals surface area contributed by atoms with E-state index in [2.05, 4.69) is 16.2 Å². The van der Waals surface area contributed by atoms with E-state index in [1.165, 1.54) is 0 Å². The van der Waals surface area contributed by atoms with E-state index in [0.29, 0.717) is 6.54 Å². The number of benzene rings is 1. The molecule has 0 aliphatic carbocycles. The molecule has 1 aliphatic heterocycles. The van der Waals surface area contributed by atoms with E-state index in [9.17, 15) is 0 Å². The Kier molecular flexibility index (Phi) is 1.50. The summed E-state index contributed by atoms with van der Waals surface area (Å²) >= 11 is 0. The summed E-state index contributed by atoms with van der Waals surface area (Å²) < 4.78 is 1.88. The van der Waals surface area contributed by atoms with Crippen molar-refractivity contribution in [3.63, 3.8) is 0 Å². The highest BCUT2D eigenvalue weighted by atomic mass is 15.3. The average Bonchev–Trinajstić information content (AvgIpc) is 2.58. The first kappa shape index (κ1) is 7.50. The van der Waals surface area contributed by atoms with Crippen LogP contribution >= 0.6 is 0 Å². The van der Waals surface area contributed by atoms with Gasteiger partial charge in [-0.2, -0.15) is 5.10 Å². The van der Waals surface area contributed by atoms with Crippen molar-refractivity contribution in [2.24, 2.45) is 4.99 Å². The molecule has 0 fully saturated rings. The molecule has 2 aromatic rings. The van der Waals surface area contributed by atoms with Crippen LogP contribution < -0.4 is 10.6 Å². The molecule has 3 heteroatoms. The second-order valence-electron chi connectivity index (χ2n) is 3.27. The van der Waals surface area contributed by atoms with Gasteiger partial charge in [0.15, 0.2) is 0 Å². The van der Waals surface area contributed by atoms with E-state index in [1.807, 2.05) is 35.1 Å². The van der Waals surface area contributed by atoms with Crippen molar-refractivity contribution in [2.75, 3.05) is 0 Å². The summed E-state index contributed by atoms with van der Waals surface area (Å²) in [5.74, 6) is 0. The fourth-order valence-electron chi connectivity index (χ4n) is 1.62. The molecule has 2 heterocycles. The molecular formula is C11H9N3. The summed E-state index contributed by atoms with van der Waals surface area (Å²) in [6.45, 7) is 0.702. The van der Waals surface area contributed by atoms with Gasteiger partial charge in [-0.15, -0.1) is 0 Å². The maximum atomic E-state index is 4.51. The Morgan fingerprint density at radius 3 is 3.07 bits per heavy atom. The Morgan fingerprint density at radius 1 is 1.14 bits per heavy atom. The molecule has 0 amide bonds. The van der Waals surface area contributed by atoms with Crippen LogP contribution in [0.5, 0.6) is 0 Å². The van der Waals surface area contributed by atoms with Gasteiger partial charge in [0.2, 0.25) is 0 Å². The predicted molar refractivity (Wildman–Crippen MR) is 53.0 cm³/mol. The fraction of sp³-hybridized carbons (Fsp3) is 0.0909. The van der Waals surface area contributed by atoms with Crippen LogP contribution in [0.4, 0.5) is 0 Å². The zero-order valence-corrected chi connectivity index (χ0v) is 7.59. The van der Waals surface area contributed by atoms with E-state index < -0.39 is 0 Å². The van der Waals surface area contributed by atoms with Gasteiger partial charge in [-0.05, 0) is 12.1 Å². The molecule has 1 aliphatic rings. The quantitative estimate of drug-likeness (QED) is 0.578. The summed E-state index contributed by atoms with van der Waals surface area (Å²) in [6, 6.07) is 10.1. The first-order chi connectivity index (χ1) is 6.93. The maximum absolute atomic E-state index is 4.51. The molecule has 3 rings (SSSR count). The largest absolute Gasteiger partial charge is 0.278 e. The minimum Gasteiger partial charge on any atom is -0.278 e. The number of para-hydroxylation sites is 1. The summed E-state index contributed by atoms with van der Waals surface area (Å²) in [6.07, 6.45) is 3.82. The van der Waals surface area contributed by atoms with Crippen LogP contribution in [0.1, 0.15) is 5.69 Å². The van der Waals surface area contributed by atoms with E-state index in [4.69, 9.17) is 0 Å². The van der Waals surface area contributed by atoms with Gasteiger partial charge >= 0.3 is 0 Å². The zero-order valence-electron chi connectivity index (χ0n) is 7.59. The van der Waals surface area contributed by atoms with Crippen LogP contribution in [-0.4, -0.2) is 9.78 Å². The first-order valence-corrected chi connectivity index (χ1v) is 4.57. The first-order valence-electron chi connectivity index (χ1n) is 4.57. The minimum absolute atomic E-state index is 0.702. The van der Waals surface area contributed by atoms with Crippen LogP contribution in [0.2, 0.25) is 0 Å². The molecule has 3 nitrogen and oxygen atoms in total. The SMILES string of the molecule is C1=c2ccccc2=NCc2ccnn21. The van der Waals surface area contributed by atoms with Gasteiger partial charge in [-0.25, -0.2) is 4.68 Å². The number of nitrogens with zero attached hydrogens (tertiary/aromatic N) is 3. The highest BCUT2D eigenvalue weighted by molar-refractivity contribution is 5.28. The molecule has 0 saturated carbocycles. The van der Waals surface area contributed by atoms with Crippen molar-refractivity contribution in [2.45, 2.75) is 6.54 Å². The monoisotopic (exact) mass is 183 g/mol. The summed E-state index contributed by atoms with van der Waals surface area (Å²) in [4.78, 5) is 4.51. The normalized spacial score (nSPS) is 13.1. The Labute approximate surface area is 81.0 Å². The Hall–Kier alpha value is -1.90. The molecule has 0 spiro atoms. The lowest BCUT2D eigenvalue weighted by Gasteiger charge is -1.94. The summed E-state index contributed by atoms with van der Waals surface area (Å²) in [5, 5.41) is 6.38. The van der Waals surface area contributed by atoms with Gasteiger partial charge in [-0.3, -0.25) is 4.99 Å². The smallest absolute Gasteiger partial charge is 0.0820 e. The van der Waals surface area contributed by atoms with Crippen LogP contribution in [0.15, 0.2) is 41.5 Å². The lowest BCUT2D eigenvalue weighted by molar-refractivity contribution is 0.843. The van der Waals surface area contributed by atoms with Gasteiger partial charge in [0, 0.05) is 17.6 Å². The number of aromatic nitrogens is 2. The Balaban J connectivity index is 2.38. The third-order valence-corrected chi connectivity index (χ3v) is 2.36. The second-order valence-corrected chi connectivity index (χ2v) is 3.27. The summed E-state index contributed by atoms with van der Waals surface area (Å²) in [5.41, 5.74) is 1.13. The standard InChI is InChI=1S/C11H9N3/c1-2-4-11-9(3-1)8-14-10(7-12-11)5-6-13-14/h1-6,8H,7H2. The molecule has 14 heavy (non-hydrogen) atoms. The van der Waals surface area contributed by atoms with Crippen LogP contribution in [0.3, 0.4) is 0 Å². The van der Waals surface area contributed by atoms with Gasteiger partial charge < -0.3 is 0 Å². The van der Waals surface area contributed by atoms with Crippen molar-refractivity contribution >= 4 is 6.20 Å². The topological polar surface area (TPSA) is 30.2 Å². The zero-order chi connectivity index (χ0) is 9.38. The lowest BCUT2D eigenvalue weighted by atomic mass is 10.3. The second kappa shape index (κ2) is 2.80. The van der Waals surface area contributed by atoms with Crippen molar-refractivity contribution in [3.05, 3.63) is 52.8 Å². The van der Waals surface area contributed by atoms with Gasteiger partial charge in [0.1, 0.15) is 0 Å². The van der Waals surface area contributed by atoms with Crippen molar-refractivity contribution in [1.82, 2.24) is 9.78 Å². The van der Waals surface area contributed by atoms with Gasteiger partial charge in [0.05, 0.1) is 17.6 Å². The van der Waals surface area contributed by atoms with Gasteiger partial charge in [0.25, 0.3) is 0 Å². The molecule has 0 unspecified atom stereocenters. The third-order valence-electron chi connectivity index (χ3n) is 2.36. The van der Waals surface area contributed by atoms with E-state index in [-0.39, 0.29) is 0 Å². The Morgan fingerprint density at radius 2 is 2.07 bits per heavy atom. The minimum atomic E-state index is 0.702. The maximum Gasteiger partial charge on any atom is 0.0820 e. The van der Waals surface area contributed by atoms with E-state index in [0.717, 1.165) is 16.3 Å². The molecule has 1 aromatic heterocycles. The third kappa shape index (κ3) is 1.06. The van der Waals surface area contributed by atoms with Crippen LogP contribution in [-0.2, 0) is 6.54 Å². The van der Waals surface area contributed by atoms with Crippen molar-refractivity contribution < 1.29 is 0 Å². The lowest BCUT2D eigenvalue weighted by Crippen LogP contribution is -2.24. The van der Waals surface area contributed by atoms with Gasteiger partial charge in [-0.1, -0.05) is 18.2 Å². The van der Waals surface area contributed by atoms with E-state index >= 15 is 0 Å². The van der Waals surface area contributed by atoms with Crippen molar-refractivity contribution in [3.8, 4) is 0 Å². The van der Waals surface area contributed by atoms with Crippen LogP contribution in [0, 0.1) is 0 Å². The predicted octanol–water partition coefficient (Wildman–Crippen LogP) is 0.303. The van der Waals surface area contributed by atoms with E-state index in [1.54, 1.807) is 6.20 Å². The molecule has 1 aromatic carbocycles. The molecule has 0 bridgehead atoms. The highest BCUT2D eigenvalue weighted by Gasteiger charge is 2.01. The number of fused-ring (bicyclic) bond motifs is 2.